The van der Waals surface area contributed by atoms with Crippen LogP contribution in [0.2, 0.25) is 0 Å². The molecule has 1 spiro atoms. The molecule has 0 aromatic carbocycles. The molecule has 1 saturated heterocycles. The second-order valence-electron chi connectivity index (χ2n) is 6.01. The first-order valence-corrected chi connectivity index (χ1v) is 5.64. The lowest BCUT2D eigenvalue weighted by Gasteiger charge is -2.62. The van der Waals surface area contributed by atoms with Crippen LogP contribution in [-0.4, -0.2) is 17.7 Å². The van der Waals surface area contributed by atoms with Crippen LogP contribution in [0.15, 0.2) is 0 Å². The molecule has 0 aromatic rings. The Bertz CT molecular complexity index is 320. The number of rotatable bonds is 0. The Morgan fingerprint density at radius 1 is 0.875 bits per heavy atom. The topological polar surface area (TPSA) is 52.6 Å². The van der Waals surface area contributed by atoms with Gasteiger partial charge in [-0.3, -0.25) is 9.59 Å². The van der Waals surface area contributed by atoms with Crippen LogP contribution in [0.5, 0.6) is 0 Å². The zero-order chi connectivity index (χ0) is 12.2. The number of carbonyl (C=O) groups excluding carboxylic acids is 2. The molecule has 2 rings (SSSR count). The van der Waals surface area contributed by atoms with Crippen LogP contribution in [0.4, 0.5) is 0 Å². The van der Waals surface area contributed by atoms with E-state index in [0.29, 0.717) is 0 Å². The number of hydrogen-bond donors (Lipinski definition) is 0. The molecule has 1 heterocycles. The molecule has 2 fully saturated rings. The van der Waals surface area contributed by atoms with Gasteiger partial charge in [0, 0.05) is 10.8 Å². The van der Waals surface area contributed by atoms with Crippen molar-refractivity contribution in [1.29, 1.82) is 0 Å². The predicted octanol–water partition coefficient (Wildman–Crippen LogP) is 2.02. The van der Waals surface area contributed by atoms with Gasteiger partial charge in [0.05, 0.1) is 12.8 Å². The summed E-state index contributed by atoms with van der Waals surface area (Å²) in [5.41, 5.74) is -0.627. The van der Waals surface area contributed by atoms with E-state index in [2.05, 4.69) is 0 Å². The Morgan fingerprint density at radius 3 is 1.56 bits per heavy atom. The molecule has 0 unspecified atom stereocenters. The Labute approximate surface area is 95.3 Å². The molecule has 1 saturated carbocycles. The fraction of sp³-hybridized carbons (Fsp3) is 0.833. The summed E-state index contributed by atoms with van der Waals surface area (Å²) in [7, 11) is 0. The lowest BCUT2D eigenvalue weighted by molar-refractivity contribution is -0.368. The van der Waals surface area contributed by atoms with Gasteiger partial charge in [-0.05, 0) is 6.42 Å². The van der Waals surface area contributed by atoms with Crippen LogP contribution in [0.1, 0.15) is 47.0 Å². The van der Waals surface area contributed by atoms with Gasteiger partial charge in [-0.1, -0.05) is 27.7 Å². The average Bonchev–Trinajstić information content (AvgIpc) is 2.26. The van der Waals surface area contributed by atoms with Crippen LogP contribution < -0.4 is 0 Å². The molecule has 4 nitrogen and oxygen atoms in total. The summed E-state index contributed by atoms with van der Waals surface area (Å²) in [5.74, 6) is -1.76. The number of ether oxygens (including phenoxy) is 2. The number of carbonyl (C=O) groups is 2. The minimum Gasteiger partial charge on any atom is -0.421 e. The summed E-state index contributed by atoms with van der Waals surface area (Å²) < 4.78 is 10.9. The van der Waals surface area contributed by atoms with Crippen LogP contribution in [-0.2, 0) is 19.1 Å². The van der Waals surface area contributed by atoms with Crippen molar-refractivity contribution in [2.45, 2.75) is 52.7 Å². The SMILES string of the molecule is CC1(C)CC(C)(C)C12OC(=O)CCC(=O)O2. The molecule has 0 atom stereocenters. The van der Waals surface area contributed by atoms with Gasteiger partial charge in [0.25, 0.3) is 5.79 Å². The quantitative estimate of drug-likeness (QED) is 0.593. The Morgan fingerprint density at radius 2 is 1.25 bits per heavy atom. The lowest BCUT2D eigenvalue weighted by Crippen LogP contribution is -2.70. The summed E-state index contributed by atoms with van der Waals surface area (Å²) in [6.07, 6.45) is 1.10. The summed E-state index contributed by atoms with van der Waals surface area (Å²) in [6, 6.07) is 0. The molecule has 0 radical (unpaired) electrons. The maximum atomic E-state index is 11.6. The van der Waals surface area contributed by atoms with Crippen LogP contribution in [0.3, 0.4) is 0 Å². The van der Waals surface area contributed by atoms with Crippen LogP contribution in [0.25, 0.3) is 0 Å². The van der Waals surface area contributed by atoms with E-state index in [4.69, 9.17) is 9.47 Å². The molecular weight excluding hydrogens is 208 g/mol. The van der Waals surface area contributed by atoms with E-state index in [-0.39, 0.29) is 35.6 Å². The highest BCUT2D eigenvalue weighted by Crippen LogP contribution is 2.64. The molecule has 1 aliphatic heterocycles. The van der Waals surface area contributed by atoms with Crippen molar-refractivity contribution in [2.24, 2.45) is 10.8 Å². The van der Waals surface area contributed by atoms with Gasteiger partial charge in [0.1, 0.15) is 0 Å². The van der Waals surface area contributed by atoms with Crippen molar-refractivity contribution in [3.8, 4) is 0 Å². The molecule has 0 bridgehead atoms. The Kier molecular flexibility index (Phi) is 2.14. The average molecular weight is 226 g/mol. The van der Waals surface area contributed by atoms with Gasteiger partial charge in [-0.2, -0.15) is 0 Å². The van der Waals surface area contributed by atoms with Crippen LogP contribution in [0, 0.1) is 10.8 Å². The fourth-order valence-corrected chi connectivity index (χ4v) is 3.35. The molecule has 1 aliphatic carbocycles. The van der Waals surface area contributed by atoms with Crippen molar-refractivity contribution in [2.75, 3.05) is 0 Å². The minimum atomic E-state index is -1.08. The molecular formula is C12H18O4. The minimum absolute atomic E-state index is 0.118. The van der Waals surface area contributed by atoms with Gasteiger partial charge in [-0.15, -0.1) is 0 Å². The maximum Gasteiger partial charge on any atom is 0.309 e. The zero-order valence-electron chi connectivity index (χ0n) is 10.3. The lowest BCUT2D eigenvalue weighted by atomic mass is 9.50. The third-order valence-electron chi connectivity index (χ3n) is 3.71. The number of hydrogen-bond acceptors (Lipinski definition) is 4. The van der Waals surface area contributed by atoms with E-state index in [0.717, 1.165) is 6.42 Å². The summed E-state index contributed by atoms with van der Waals surface area (Å²) in [4.78, 5) is 23.1. The fourth-order valence-electron chi connectivity index (χ4n) is 3.35. The van der Waals surface area contributed by atoms with E-state index in [1.54, 1.807) is 0 Å². The zero-order valence-corrected chi connectivity index (χ0v) is 10.3. The van der Waals surface area contributed by atoms with Crippen molar-refractivity contribution in [1.82, 2.24) is 0 Å². The maximum absolute atomic E-state index is 11.6. The van der Waals surface area contributed by atoms with Crippen molar-refractivity contribution < 1.29 is 19.1 Å². The molecule has 16 heavy (non-hydrogen) atoms. The van der Waals surface area contributed by atoms with E-state index >= 15 is 0 Å². The van der Waals surface area contributed by atoms with E-state index in [1.807, 2.05) is 27.7 Å². The van der Waals surface area contributed by atoms with Gasteiger partial charge < -0.3 is 9.47 Å². The third kappa shape index (κ3) is 1.28. The summed E-state index contributed by atoms with van der Waals surface area (Å²) >= 11 is 0. The molecule has 0 aromatic heterocycles. The largest absolute Gasteiger partial charge is 0.421 e. The second-order valence-corrected chi connectivity index (χ2v) is 6.01. The summed E-state index contributed by atoms with van der Waals surface area (Å²) in [5, 5.41) is 0. The molecule has 4 heteroatoms. The van der Waals surface area contributed by atoms with Crippen molar-refractivity contribution >= 4 is 11.9 Å². The Hall–Kier alpha value is -1.06. The number of esters is 2. The molecule has 0 N–H and O–H groups in total. The predicted molar refractivity (Wildman–Crippen MR) is 56.3 cm³/mol. The first-order valence-electron chi connectivity index (χ1n) is 5.64. The monoisotopic (exact) mass is 226 g/mol. The third-order valence-corrected chi connectivity index (χ3v) is 3.71. The van der Waals surface area contributed by atoms with Gasteiger partial charge in [0.2, 0.25) is 0 Å². The van der Waals surface area contributed by atoms with Crippen molar-refractivity contribution in [3.63, 3.8) is 0 Å². The highest BCUT2D eigenvalue weighted by Gasteiger charge is 2.72. The summed E-state index contributed by atoms with van der Waals surface area (Å²) in [6.45, 7) is 7.85. The van der Waals surface area contributed by atoms with Crippen LogP contribution >= 0.6 is 0 Å². The van der Waals surface area contributed by atoms with Gasteiger partial charge in [0.15, 0.2) is 0 Å². The smallest absolute Gasteiger partial charge is 0.309 e. The van der Waals surface area contributed by atoms with Crippen molar-refractivity contribution in [3.05, 3.63) is 0 Å². The highest BCUT2D eigenvalue weighted by atomic mass is 16.7. The Balaban J connectivity index is 2.40. The highest BCUT2D eigenvalue weighted by molar-refractivity contribution is 5.80. The van der Waals surface area contributed by atoms with E-state index < -0.39 is 5.79 Å². The second kappa shape index (κ2) is 2.99. The van der Waals surface area contributed by atoms with E-state index in [9.17, 15) is 9.59 Å². The normalized spacial score (nSPS) is 30.0. The van der Waals surface area contributed by atoms with E-state index in [1.165, 1.54) is 0 Å². The first kappa shape index (κ1) is 11.4. The molecule has 2 aliphatic rings. The molecule has 0 amide bonds. The van der Waals surface area contributed by atoms with Gasteiger partial charge in [-0.25, -0.2) is 0 Å². The standard InChI is InChI=1S/C12H18O4/c1-10(2)7-11(3,4)12(10)15-8(13)5-6-9(14)16-12/h5-7H2,1-4H3. The first-order chi connectivity index (χ1) is 7.20. The van der Waals surface area contributed by atoms with Gasteiger partial charge >= 0.3 is 11.9 Å². The molecule has 90 valence electrons.